The number of alkyl halides is 1. The number of carbonyl (C=O) groups excluding carboxylic acids is 1. The van der Waals surface area contributed by atoms with Crippen molar-refractivity contribution < 1.29 is 19.4 Å². The molecule has 0 spiro atoms. The number of halogens is 1. The van der Waals surface area contributed by atoms with Gasteiger partial charge in [0, 0.05) is 6.54 Å². The van der Waals surface area contributed by atoms with Gasteiger partial charge in [0.05, 0.1) is 0 Å². The van der Waals surface area contributed by atoms with E-state index in [1.807, 2.05) is 0 Å². The van der Waals surface area contributed by atoms with Gasteiger partial charge in [-0.3, -0.25) is 4.90 Å². The summed E-state index contributed by atoms with van der Waals surface area (Å²) in [6.45, 7) is 1.91. The Morgan fingerprint density at radius 3 is 2.79 bits per heavy atom. The number of carboxylic acids is 1. The molecule has 14 heavy (non-hydrogen) atoms. The summed E-state index contributed by atoms with van der Waals surface area (Å²) in [5.41, 5.74) is -1.15. The highest BCUT2D eigenvalue weighted by Gasteiger charge is 2.46. The Morgan fingerprint density at radius 2 is 2.29 bits per heavy atom. The van der Waals surface area contributed by atoms with Crippen molar-refractivity contribution in [2.45, 2.75) is 25.3 Å². The van der Waals surface area contributed by atoms with Gasteiger partial charge in [0.15, 0.2) is 6.07 Å². The Balaban J connectivity index is 2.77. The molecule has 1 aliphatic rings. The van der Waals surface area contributed by atoms with Crippen molar-refractivity contribution in [3.8, 4) is 0 Å². The smallest absolute Gasteiger partial charge is 0.411 e. The maximum Gasteiger partial charge on any atom is 0.411 e. The summed E-state index contributed by atoms with van der Waals surface area (Å²) in [5.74, 6) is -1.01. The molecule has 0 aromatic heterocycles. The standard InChI is InChI=1S/C8H12ClNO4/c1-8(6(11)12)3-2-4-10(8)7(13)14-5-9/h2-5H2,1H3,(H,11,12)/t8-/m0/s1. The summed E-state index contributed by atoms with van der Waals surface area (Å²) in [7, 11) is 0. The van der Waals surface area contributed by atoms with Gasteiger partial charge >= 0.3 is 12.1 Å². The molecular formula is C8H12ClNO4. The van der Waals surface area contributed by atoms with Crippen LogP contribution in [0, 0.1) is 0 Å². The molecule has 0 radical (unpaired) electrons. The third kappa shape index (κ3) is 1.77. The number of carboxylic acid groups (broad SMARTS) is 1. The van der Waals surface area contributed by atoms with Gasteiger partial charge in [0.1, 0.15) is 5.54 Å². The van der Waals surface area contributed by atoms with Crippen molar-refractivity contribution in [2.75, 3.05) is 12.6 Å². The fraction of sp³-hybridized carbons (Fsp3) is 0.750. The Kier molecular flexibility index (Phi) is 3.21. The van der Waals surface area contributed by atoms with Crippen LogP contribution in [-0.2, 0) is 9.53 Å². The van der Waals surface area contributed by atoms with E-state index < -0.39 is 17.6 Å². The van der Waals surface area contributed by atoms with Crippen molar-refractivity contribution in [3.05, 3.63) is 0 Å². The SMILES string of the molecule is C[C@@]1(C(=O)O)CCCN1C(=O)OCCl. The monoisotopic (exact) mass is 221 g/mol. The maximum atomic E-state index is 11.3. The molecule has 1 N–H and O–H groups in total. The van der Waals surface area contributed by atoms with Crippen molar-refractivity contribution in [2.24, 2.45) is 0 Å². The first-order valence-electron chi connectivity index (χ1n) is 4.26. The van der Waals surface area contributed by atoms with Crippen molar-refractivity contribution >= 4 is 23.7 Å². The lowest BCUT2D eigenvalue weighted by Gasteiger charge is -2.29. The normalized spacial score (nSPS) is 26.3. The highest BCUT2D eigenvalue weighted by atomic mass is 35.5. The van der Waals surface area contributed by atoms with Crippen LogP contribution < -0.4 is 0 Å². The molecule has 1 saturated heterocycles. The Bertz CT molecular complexity index is 258. The van der Waals surface area contributed by atoms with Crippen molar-refractivity contribution in [3.63, 3.8) is 0 Å². The zero-order valence-corrected chi connectivity index (χ0v) is 8.58. The van der Waals surface area contributed by atoms with E-state index >= 15 is 0 Å². The summed E-state index contributed by atoms with van der Waals surface area (Å²) in [5, 5.41) is 8.98. The average molecular weight is 222 g/mol. The molecule has 1 fully saturated rings. The minimum atomic E-state index is -1.15. The first-order chi connectivity index (χ1) is 6.52. The number of hydrogen-bond donors (Lipinski definition) is 1. The summed E-state index contributed by atoms with van der Waals surface area (Å²) >= 11 is 5.23. The van der Waals surface area contributed by atoms with E-state index in [1.54, 1.807) is 0 Å². The van der Waals surface area contributed by atoms with Crippen LogP contribution >= 0.6 is 11.6 Å². The van der Waals surface area contributed by atoms with Crippen LogP contribution in [-0.4, -0.2) is 40.2 Å². The number of likely N-dealkylation sites (tertiary alicyclic amines) is 1. The van der Waals surface area contributed by atoms with E-state index in [0.29, 0.717) is 19.4 Å². The predicted molar refractivity (Wildman–Crippen MR) is 49.2 cm³/mol. The second-order valence-corrected chi connectivity index (χ2v) is 3.57. The summed E-state index contributed by atoms with van der Waals surface area (Å²) in [4.78, 5) is 23.5. The second-order valence-electron chi connectivity index (χ2n) is 3.35. The largest absolute Gasteiger partial charge is 0.480 e. The van der Waals surface area contributed by atoms with Crippen LogP contribution in [0.15, 0.2) is 0 Å². The van der Waals surface area contributed by atoms with Crippen LogP contribution in [0.2, 0.25) is 0 Å². The number of rotatable bonds is 2. The predicted octanol–water partition coefficient (Wildman–Crippen LogP) is 1.26. The lowest BCUT2D eigenvalue weighted by Crippen LogP contribution is -2.50. The van der Waals surface area contributed by atoms with Crippen LogP contribution in [0.4, 0.5) is 4.79 Å². The number of nitrogens with zero attached hydrogens (tertiary/aromatic N) is 1. The van der Waals surface area contributed by atoms with E-state index in [-0.39, 0.29) is 6.07 Å². The Hall–Kier alpha value is -0.970. The van der Waals surface area contributed by atoms with E-state index in [2.05, 4.69) is 4.74 Å². The van der Waals surface area contributed by atoms with Gasteiger partial charge < -0.3 is 9.84 Å². The number of carbonyl (C=O) groups is 2. The van der Waals surface area contributed by atoms with Gasteiger partial charge in [-0.05, 0) is 19.8 Å². The number of aliphatic carboxylic acids is 1. The number of ether oxygens (including phenoxy) is 1. The first kappa shape index (κ1) is 11.1. The maximum absolute atomic E-state index is 11.3. The highest BCUT2D eigenvalue weighted by molar-refractivity contribution is 6.17. The zero-order valence-electron chi connectivity index (χ0n) is 7.83. The molecule has 0 aromatic carbocycles. The molecule has 1 atom stereocenters. The van der Waals surface area contributed by atoms with E-state index in [0.717, 1.165) is 0 Å². The van der Waals surface area contributed by atoms with Gasteiger partial charge in [-0.25, -0.2) is 9.59 Å². The summed E-state index contributed by atoms with van der Waals surface area (Å²) in [6.07, 6.45) is 0.447. The summed E-state index contributed by atoms with van der Waals surface area (Å²) < 4.78 is 4.56. The van der Waals surface area contributed by atoms with Crippen molar-refractivity contribution in [1.29, 1.82) is 0 Å². The highest BCUT2D eigenvalue weighted by Crippen LogP contribution is 2.29. The zero-order chi connectivity index (χ0) is 10.8. The topological polar surface area (TPSA) is 66.8 Å². The third-order valence-corrected chi connectivity index (χ3v) is 2.61. The lowest BCUT2D eigenvalue weighted by molar-refractivity contribution is -0.147. The van der Waals surface area contributed by atoms with Gasteiger partial charge in [-0.2, -0.15) is 0 Å². The first-order valence-corrected chi connectivity index (χ1v) is 4.79. The molecule has 0 aromatic rings. The van der Waals surface area contributed by atoms with Crippen molar-refractivity contribution in [1.82, 2.24) is 4.90 Å². The van der Waals surface area contributed by atoms with Gasteiger partial charge in [-0.1, -0.05) is 11.6 Å². The quantitative estimate of drug-likeness (QED) is 0.713. The van der Waals surface area contributed by atoms with Crippen LogP contribution in [0.25, 0.3) is 0 Å². The molecule has 1 heterocycles. The Morgan fingerprint density at radius 1 is 1.64 bits per heavy atom. The molecule has 5 nitrogen and oxygen atoms in total. The molecule has 0 bridgehead atoms. The van der Waals surface area contributed by atoms with Crippen LogP contribution in [0.3, 0.4) is 0 Å². The van der Waals surface area contributed by atoms with Crippen LogP contribution in [0.1, 0.15) is 19.8 Å². The van der Waals surface area contributed by atoms with Gasteiger partial charge in [0.25, 0.3) is 0 Å². The average Bonchev–Trinajstić information content (AvgIpc) is 2.49. The van der Waals surface area contributed by atoms with E-state index in [9.17, 15) is 9.59 Å². The fourth-order valence-electron chi connectivity index (χ4n) is 1.60. The van der Waals surface area contributed by atoms with Gasteiger partial charge in [-0.15, -0.1) is 0 Å². The molecule has 0 unspecified atom stereocenters. The molecule has 1 rings (SSSR count). The summed E-state index contributed by atoms with van der Waals surface area (Å²) in [6, 6.07) is -0.259. The van der Waals surface area contributed by atoms with Crippen LogP contribution in [0.5, 0.6) is 0 Å². The third-order valence-electron chi connectivity index (χ3n) is 2.50. The fourth-order valence-corrected chi connectivity index (χ4v) is 1.70. The molecule has 6 heteroatoms. The molecular weight excluding hydrogens is 210 g/mol. The van der Waals surface area contributed by atoms with E-state index in [4.69, 9.17) is 16.7 Å². The number of amides is 1. The molecule has 0 saturated carbocycles. The molecule has 0 aliphatic carbocycles. The number of hydrogen-bond acceptors (Lipinski definition) is 3. The molecule has 80 valence electrons. The Labute approximate surface area is 86.6 Å². The minimum Gasteiger partial charge on any atom is -0.480 e. The van der Waals surface area contributed by atoms with E-state index in [1.165, 1.54) is 11.8 Å². The minimum absolute atomic E-state index is 0.259. The molecule has 1 aliphatic heterocycles. The second kappa shape index (κ2) is 4.04. The lowest BCUT2D eigenvalue weighted by atomic mass is 10.00. The molecule has 1 amide bonds. The van der Waals surface area contributed by atoms with Gasteiger partial charge in [0.2, 0.25) is 0 Å².